The van der Waals surface area contributed by atoms with Crippen molar-refractivity contribution in [1.82, 2.24) is 10.6 Å². The van der Waals surface area contributed by atoms with E-state index in [1.165, 1.54) is 0 Å². The van der Waals surface area contributed by atoms with Gasteiger partial charge in [-0.1, -0.05) is 0 Å². The second-order valence-corrected chi connectivity index (χ2v) is 4.38. The molecule has 0 aliphatic carbocycles. The number of aliphatic carboxylic acids is 2. The zero-order valence-electron chi connectivity index (χ0n) is 10.0. The largest absolute Gasteiger partial charge is 0.481 e. The van der Waals surface area contributed by atoms with Gasteiger partial charge in [-0.25, -0.2) is 4.79 Å². The number of piperidine rings is 1. The SMILES string of the molecule is O=C(O)CCC(NC(=O)[C@H]1CCCNC1)C(=O)O. The molecular weight excluding hydrogens is 240 g/mol. The summed E-state index contributed by atoms with van der Waals surface area (Å²) in [5.41, 5.74) is 0. The van der Waals surface area contributed by atoms with Gasteiger partial charge in [0.05, 0.1) is 5.92 Å². The molecule has 18 heavy (non-hydrogen) atoms. The Hall–Kier alpha value is -1.63. The predicted molar refractivity (Wildman–Crippen MR) is 62.0 cm³/mol. The lowest BCUT2D eigenvalue weighted by atomic mass is 9.98. The van der Waals surface area contributed by atoms with Crippen LogP contribution in [0.4, 0.5) is 0 Å². The minimum Gasteiger partial charge on any atom is -0.481 e. The van der Waals surface area contributed by atoms with Crippen LogP contribution in [0.15, 0.2) is 0 Å². The number of carbonyl (C=O) groups excluding carboxylic acids is 1. The van der Waals surface area contributed by atoms with E-state index >= 15 is 0 Å². The molecule has 1 aliphatic rings. The van der Waals surface area contributed by atoms with Crippen LogP contribution in [-0.4, -0.2) is 47.2 Å². The number of carbonyl (C=O) groups is 3. The Labute approximate surface area is 105 Å². The predicted octanol–water partition coefficient (Wildman–Crippen LogP) is -0.580. The first-order valence-electron chi connectivity index (χ1n) is 5.96. The number of amides is 1. The number of hydrogen-bond donors (Lipinski definition) is 4. The van der Waals surface area contributed by atoms with Crippen molar-refractivity contribution in [2.75, 3.05) is 13.1 Å². The summed E-state index contributed by atoms with van der Waals surface area (Å²) in [6.45, 7) is 1.41. The Balaban J connectivity index is 2.46. The van der Waals surface area contributed by atoms with Crippen LogP contribution in [0.1, 0.15) is 25.7 Å². The van der Waals surface area contributed by atoms with Gasteiger partial charge in [0.2, 0.25) is 5.91 Å². The summed E-state index contributed by atoms with van der Waals surface area (Å²) in [5, 5.41) is 22.9. The van der Waals surface area contributed by atoms with E-state index in [0.29, 0.717) is 6.54 Å². The first kappa shape index (κ1) is 14.4. The van der Waals surface area contributed by atoms with Gasteiger partial charge in [-0.05, 0) is 25.8 Å². The lowest BCUT2D eigenvalue weighted by molar-refractivity contribution is -0.143. The van der Waals surface area contributed by atoms with Crippen LogP contribution in [0, 0.1) is 5.92 Å². The fraction of sp³-hybridized carbons (Fsp3) is 0.727. The summed E-state index contributed by atoms with van der Waals surface area (Å²) in [5.74, 6) is -2.83. The Morgan fingerprint density at radius 1 is 1.33 bits per heavy atom. The average Bonchev–Trinajstić information content (AvgIpc) is 2.34. The summed E-state index contributed by atoms with van der Waals surface area (Å²) in [6.07, 6.45) is 1.23. The van der Waals surface area contributed by atoms with Crippen LogP contribution in [0.3, 0.4) is 0 Å². The normalized spacial score (nSPS) is 21.0. The third-order valence-corrected chi connectivity index (χ3v) is 2.93. The highest BCUT2D eigenvalue weighted by Crippen LogP contribution is 2.10. The molecular formula is C11H18N2O5. The second kappa shape index (κ2) is 6.95. The Morgan fingerprint density at radius 3 is 2.56 bits per heavy atom. The van der Waals surface area contributed by atoms with E-state index in [9.17, 15) is 14.4 Å². The number of nitrogens with one attached hydrogen (secondary N) is 2. The first-order valence-corrected chi connectivity index (χ1v) is 5.96. The van der Waals surface area contributed by atoms with E-state index in [1.807, 2.05) is 0 Å². The van der Waals surface area contributed by atoms with Crippen LogP contribution in [0.5, 0.6) is 0 Å². The molecule has 0 bridgehead atoms. The van der Waals surface area contributed by atoms with Gasteiger partial charge >= 0.3 is 11.9 Å². The van der Waals surface area contributed by atoms with Crippen molar-refractivity contribution < 1.29 is 24.6 Å². The number of carboxylic acids is 2. The molecule has 1 heterocycles. The average molecular weight is 258 g/mol. The molecule has 0 radical (unpaired) electrons. The van der Waals surface area contributed by atoms with Crippen molar-refractivity contribution in [3.05, 3.63) is 0 Å². The Bertz CT molecular complexity index is 325. The van der Waals surface area contributed by atoms with Gasteiger partial charge in [-0.3, -0.25) is 9.59 Å². The van der Waals surface area contributed by atoms with Crippen molar-refractivity contribution in [1.29, 1.82) is 0 Å². The topological polar surface area (TPSA) is 116 Å². The standard InChI is InChI=1S/C11H18N2O5/c14-9(15)4-3-8(11(17)18)13-10(16)7-2-1-5-12-6-7/h7-8,12H,1-6H2,(H,13,16)(H,14,15)(H,17,18)/t7-,8?/m0/s1. The third kappa shape index (κ3) is 4.70. The van der Waals surface area contributed by atoms with E-state index in [1.54, 1.807) is 0 Å². The van der Waals surface area contributed by atoms with Crippen molar-refractivity contribution in [3.8, 4) is 0 Å². The summed E-state index contributed by atoms with van der Waals surface area (Å²) < 4.78 is 0. The maximum absolute atomic E-state index is 11.8. The summed E-state index contributed by atoms with van der Waals surface area (Å²) in [4.78, 5) is 33.1. The van der Waals surface area contributed by atoms with Gasteiger partial charge in [-0.15, -0.1) is 0 Å². The van der Waals surface area contributed by atoms with Crippen LogP contribution in [-0.2, 0) is 14.4 Å². The molecule has 1 fully saturated rings. The third-order valence-electron chi connectivity index (χ3n) is 2.93. The lowest BCUT2D eigenvalue weighted by Crippen LogP contribution is -2.47. The Morgan fingerprint density at radius 2 is 2.06 bits per heavy atom. The van der Waals surface area contributed by atoms with Gasteiger partial charge < -0.3 is 20.8 Å². The molecule has 4 N–H and O–H groups in total. The maximum atomic E-state index is 11.8. The molecule has 102 valence electrons. The van der Waals surface area contributed by atoms with Crippen molar-refractivity contribution in [2.24, 2.45) is 5.92 Å². The van der Waals surface area contributed by atoms with Gasteiger partial charge in [0.15, 0.2) is 0 Å². The molecule has 1 aliphatic heterocycles. The first-order chi connectivity index (χ1) is 8.50. The highest BCUT2D eigenvalue weighted by Gasteiger charge is 2.26. The highest BCUT2D eigenvalue weighted by atomic mass is 16.4. The minimum absolute atomic E-state index is 0.101. The fourth-order valence-corrected chi connectivity index (χ4v) is 1.89. The number of hydrogen-bond acceptors (Lipinski definition) is 4. The van der Waals surface area contributed by atoms with Gasteiger partial charge in [-0.2, -0.15) is 0 Å². The monoisotopic (exact) mass is 258 g/mol. The lowest BCUT2D eigenvalue weighted by Gasteiger charge is -2.23. The molecule has 1 unspecified atom stereocenters. The highest BCUT2D eigenvalue weighted by molar-refractivity contribution is 5.85. The second-order valence-electron chi connectivity index (χ2n) is 4.38. The molecule has 0 spiro atoms. The van der Waals surface area contributed by atoms with Gasteiger partial charge in [0, 0.05) is 13.0 Å². The molecule has 0 aromatic carbocycles. The fourth-order valence-electron chi connectivity index (χ4n) is 1.89. The van der Waals surface area contributed by atoms with Crippen molar-refractivity contribution in [2.45, 2.75) is 31.7 Å². The molecule has 0 saturated carbocycles. The minimum atomic E-state index is -1.20. The smallest absolute Gasteiger partial charge is 0.326 e. The van der Waals surface area contributed by atoms with E-state index in [4.69, 9.17) is 10.2 Å². The van der Waals surface area contributed by atoms with Crippen LogP contribution >= 0.6 is 0 Å². The Kier molecular flexibility index (Phi) is 5.57. The number of rotatable bonds is 6. The molecule has 1 rings (SSSR count). The van der Waals surface area contributed by atoms with Gasteiger partial charge in [0.1, 0.15) is 6.04 Å². The zero-order valence-corrected chi connectivity index (χ0v) is 10.0. The van der Waals surface area contributed by atoms with Crippen molar-refractivity contribution >= 4 is 17.8 Å². The van der Waals surface area contributed by atoms with E-state index < -0.39 is 18.0 Å². The molecule has 7 heteroatoms. The van der Waals surface area contributed by atoms with E-state index in [-0.39, 0.29) is 24.7 Å². The quantitative estimate of drug-likeness (QED) is 0.506. The van der Waals surface area contributed by atoms with Crippen LogP contribution in [0.2, 0.25) is 0 Å². The summed E-state index contributed by atoms with van der Waals surface area (Å²) in [7, 11) is 0. The molecule has 1 amide bonds. The molecule has 2 atom stereocenters. The molecule has 1 saturated heterocycles. The molecule has 0 aromatic rings. The maximum Gasteiger partial charge on any atom is 0.326 e. The van der Waals surface area contributed by atoms with Gasteiger partial charge in [0.25, 0.3) is 0 Å². The molecule has 7 nitrogen and oxygen atoms in total. The summed E-state index contributed by atoms with van der Waals surface area (Å²) in [6, 6.07) is -1.13. The molecule has 0 aromatic heterocycles. The van der Waals surface area contributed by atoms with E-state index in [0.717, 1.165) is 19.4 Å². The van der Waals surface area contributed by atoms with Crippen LogP contribution < -0.4 is 10.6 Å². The summed E-state index contributed by atoms with van der Waals surface area (Å²) >= 11 is 0. The van der Waals surface area contributed by atoms with Crippen molar-refractivity contribution in [3.63, 3.8) is 0 Å². The van der Waals surface area contributed by atoms with Crippen LogP contribution in [0.25, 0.3) is 0 Å². The number of carboxylic acid groups (broad SMARTS) is 2. The van der Waals surface area contributed by atoms with E-state index in [2.05, 4.69) is 10.6 Å². The zero-order chi connectivity index (χ0) is 13.5.